The Labute approximate surface area is 140 Å². The molecule has 1 aliphatic rings. The van der Waals surface area contributed by atoms with Gasteiger partial charge in [-0.2, -0.15) is 0 Å². The molecule has 2 aromatic carbocycles. The molecule has 0 bridgehead atoms. The molecule has 2 N–H and O–H groups in total. The Morgan fingerprint density at radius 2 is 2.10 bits per heavy atom. The van der Waals surface area contributed by atoms with Crippen LogP contribution in [0.25, 0.3) is 10.8 Å². The number of phenolic OH excluding ortho intramolecular Hbond substituents is 1. The minimum absolute atomic E-state index is 0.0114. The van der Waals surface area contributed by atoms with Crippen LogP contribution in [0, 0.1) is 0 Å². The summed E-state index contributed by atoms with van der Waals surface area (Å²) in [4.78, 5) is 12.3. The van der Waals surface area contributed by atoms with E-state index in [0.29, 0.717) is 0 Å². The van der Waals surface area contributed by atoms with Gasteiger partial charge in [0, 0.05) is 0 Å². The summed E-state index contributed by atoms with van der Waals surface area (Å²) in [6, 6.07) is 10.9. The number of hydrogen-bond donors (Lipinski definition) is 2. The van der Waals surface area contributed by atoms with Gasteiger partial charge in [0.25, 0.3) is 0 Å². The van der Waals surface area contributed by atoms with Crippen molar-refractivity contribution in [3.8, 4) is 11.5 Å². The molecule has 1 aliphatic heterocycles. The van der Waals surface area contributed by atoms with E-state index in [1.165, 1.54) is 0 Å². The number of alkyl halides is 2. The molecular weight excluding hydrogens is 484 g/mol. The Hall–Kier alpha value is -0.610. The zero-order chi connectivity index (χ0) is 14.3. The van der Waals surface area contributed by atoms with Crippen LogP contribution in [-0.4, -0.2) is 18.5 Å². The molecule has 3 rings (SSSR count). The molecular formula is C14H12I2NO3-. The first-order chi connectivity index (χ1) is 9.50. The van der Waals surface area contributed by atoms with Crippen LogP contribution in [0.3, 0.4) is 0 Å². The first kappa shape index (κ1) is 14.3. The minimum atomic E-state index is -0.589. The maximum absolute atomic E-state index is 12.3. The molecule has 2 atom stereocenters. The fraction of sp³-hybridized carbons (Fsp3) is 0.214. The standard InChI is InChI=1S/C14H12I2NO3/c1-14(15,12-16-17-12)13(19)20-11-9-5-3-2-4-8(9)6-7-10(11)18/h2-7,12,17-18H,1H3/q-1. The van der Waals surface area contributed by atoms with Crippen molar-refractivity contribution in [3.05, 3.63) is 36.4 Å². The predicted molar refractivity (Wildman–Crippen MR) is 80.6 cm³/mol. The van der Waals surface area contributed by atoms with Crippen molar-refractivity contribution in [2.75, 3.05) is 0 Å². The van der Waals surface area contributed by atoms with Crippen molar-refractivity contribution in [2.24, 2.45) is 0 Å². The van der Waals surface area contributed by atoms with Crippen molar-refractivity contribution in [3.63, 3.8) is 0 Å². The Kier molecular flexibility index (Phi) is 3.80. The Bertz CT molecular complexity index is 683. The molecule has 1 heterocycles. The second-order valence-corrected chi connectivity index (χ2v) is 9.41. The van der Waals surface area contributed by atoms with E-state index in [9.17, 15) is 9.90 Å². The third kappa shape index (κ3) is 2.60. The van der Waals surface area contributed by atoms with E-state index in [0.717, 1.165) is 10.8 Å². The van der Waals surface area contributed by atoms with Crippen LogP contribution in [0.15, 0.2) is 36.4 Å². The Balaban J connectivity index is 1.98. The number of halogens is 2. The van der Waals surface area contributed by atoms with Crippen LogP contribution < -0.4 is 29.7 Å². The van der Waals surface area contributed by atoms with Gasteiger partial charge < -0.3 is 0 Å². The number of carbonyl (C=O) groups is 1. The first-order valence-electron chi connectivity index (χ1n) is 6.00. The summed E-state index contributed by atoms with van der Waals surface area (Å²) in [5.41, 5.74) is 0. The van der Waals surface area contributed by atoms with Gasteiger partial charge in [-0.3, -0.25) is 0 Å². The number of esters is 1. The summed E-state index contributed by atoms with van der Waals surface area (Å²) >= 11 is 2.04. The number of phenols is 1. The number of hydrogen-bond acceptors (Lipinski definition) is 4. The van der Waals surface area contributed by atoms with Gasteiger partial charge in [0.1, 0.15) is 0 Å². The van der Waals surface area contributed by atoms with Gasteiger partial charge in [-0.15, -0.1) is 0 Å². The van der Waals surface area contributed by atoms with Crippen LogP contribution in [0.4, 0.5) is 0 Å². The van der Waals surface area contributed by atoms with E-state index >= 15 is 0 Å². The zero-order valence-corrected chi connectivity index (χ0v) is 14.9. The van der Waals surface area contributed by atoms with E-state index in [1.54, 1.807) is 12.1 Å². The van der Waals surface area contributed by atoms with Crippen molar-refractivity contribution >= 4 is 39.3 Å². The van der Waals surface area contributed by atoms with E-state index in [2.05, 4.69) is 26.1 Å². The molecule has 0 aromatic heterocycles. The van der Waals surface area contributed by atoms with E-state index in [1.807, 2.05) is 31.2 Å². The van der Waals surface area contributed by atoms with Gasteiger partial charge in [0.2, 0.25) is 0 Å². The summed E-state index contributed by atoms with van der Waals surface area (Å²) in [6.07, 6.45) is 0. The van der Waals surface area contributed by atoms with Gasteiger partial charge in [-0.25, -0.2) is 0 Å². The molecule has 20 heavy (non-hydrogen) atoms. The van der Waals surface area contributed by atoms with Crippen LogP contribution in [0.2, 0.25) is 0 Å². The van der Waals surface area contributed by atoms with Crippen LogP contribution in [0.1, 0.15) is 6.92 Å². The summed E-state index contributed by atoms with van der Waals surface area (Å²) in [6.45, 7) is 1.86. The summed E-state index contributed by atoms with van der Waals surface area (Å²) < 4.78 is 8.39. The third-order valence-electron chi connectivity index (χ3n) is 3.15. The van der Waals surface area contributed by atoms with Crippen molar-refractivity contribution < 1.29 is 36.1 Å². The second kappa shape index (κ2) is 5.30. The molecule has 0 radical (unpaired) electrons. The summed E-state index contributed by atoms with van der Waals surface area (Å²) in [7, 11) is 0. The number of ether oxygens (including phenoxy) is 1. The molecule has 1 fully saturated rings. The predicted octanol–water partition coefficient (Wildman–Crippen LogP) is -0.422. The van der Waals surface area contributed by atoms with Gasteiger partial charge in [0.15, 0.2) is 0 Å². The molecule has 0 spiro atoms. The molecule has 6 heteroatoms. The number of carbonyl (C=O) groups excluding carboxylic acids is 1. The third-order valence-corrected chi connectivity index (χ3v) is 7.89. The first-order valence-corrected chi connectivity index (χ1v) is 9.40. The molecule has 4 nitrogen and oxygen atoms in total. The van der Waals surface area contributed by atoms with E-state index in [-0.39, 0.29) is 43.0 Å². The molecule has 0 aliphatic carbocycles. The number of rotatable bonds is 3. The summed E-state index contributed by atoms with van der Waals surface area (Å²) in [5.74, 6) is -0.0861. The van der Waals surface area contributed by atoms with Crippen molar-refractivity contribution in [1.29, 1.82) is 0 Å². The van der Waals surface area contributed by atoms with Gasteiger partial charge in [0.05, 0.1) is 0 Å². The summed E-state index contributed by atoms with van der Waals surface area (Å²) in [5, 5.41) is 11.7. The topological polar surface area (TPSA) is 68.5 Å². The van der Waals surface area contributed by atoms with Crippen molar-refractivity contribution in [2.45, 2.75) is 14.4 Å². The van der Waals surface area contributed by atoms with Crippen molar-refractivity contribution in [1.82, 2.24) is 3.53 Å². The second-order valence-electron chi connectivity index (χ2n) is 4.68. The monoisotopic (exact) mass is 496 g/mol. The number of nitrogens with one attached hydrogen (secondary N) is 1. The average Bonchev–Trinajstić information content (AvgIpc) is 3.26. The Morgan fingerprint density at radius 1 is 1.40 bits per heavy atom. The van der Waals surface area contributed by atoms with Gasteiger partial charge in [-0.05, 0) is 0 Å². The quantitative estimate of drug-likeness (QED) is 0.115. The van der Waals surface area contributed by atoms with Crippen LogP contribution in [0.5, 0.6) is 11.5 Å². The maximum atomic E-state index is 12.3. The van der Waals surface area contributed by atoms with E-state index < -0.39 is 3.42 Å². The van der Waals surface area contributed by atoms with Crippen LogP contribution >= 0.6 is 22.6 Å². The van der Waals surface area contributed by atoms with Crippen LogP contribution in [-0.2, 0) is 4.79 Å². The molecule has 106 valence electrons. The normalized spacial score (nSPS) is 20.8. The molecule has 0 amide bonds. The van der Waals surface area contributed by atoms with E-state index in [4.69, 9.17) is 4.74 Å². The molecule has 0 saturated carbocycles. The fourth-order valence-corrected chi connectivity index (χ4v) is 5.16. The SMILES string of the molecule is CC(I)(C(=O)Oc1c(O)ccc2ccccc12)C1N[I-]1. The zero-order valence-electron chi connectivity index (χ0n) is 10.6. The van der Waals surface area contributed by atoms with Gasteiger partial charge >= 0.3 is 141 Å². The number of aromatic hydroxyl groups is 1. The number of benzene rings is 2. The molecule has 1 saturated heterocycles. The average molecular weight is 496 g/mol. The molecule has 2 aromatic rings. The molecule has 2 unspecified atom stereocenters. The Morgan fingerprint density at radius 3 is 2.80 bits per heavy atom. The van der Waals surface area contributed by atoms with Gasteiger partial charge in [-0.1, -0.05) is 0 Å². The fourth-order valence-electron chi connectivity index (χ4n) is 1.87. The number of fused-ring (bicyclic) bond motifs is 1.